The molecule has 1 saturated heterocycles. The van der Waals surface area contributed by atoms with Crippen LogP contribution in [0.15, 0.2) is 12.4 Å². The lowest BCUT2D eigenvalue weighted by molar-refractivity contribution is 0.0956. The van der Waals surface area contributed by atoms with Crippen molar-refractivity contribution in [1.82, 2.24) is 15.1 Å². The zero-order chi connectivity index (χ0) is 11.5. The highest BCUT2D eigenvalue weighted by Gasteiger charge is 2.32. The fourth-order valence-electron chi connectivity index (χ4n) is 2.52. The molecule has 4 nitrogen and oxygen atoms in total. The molecule has 4 heteroatoms. The molecule has 0 aromatic carbocycles. The topological polar surface area (TPSA) is 39.1 Å². The number of rotatable bonds is 4. The van der Waals surface area contributed by atoms with Crippen molar-refractivity contribution < 1.29 is 4.74 Å². The first kappa shape index (κ1) is 11.6. The summed E-state index contributed by atoms with van der Waals surface area (Å²) in [4.78, 5) is 0. The smallest absolute Gasteiger partial charge is 0.0594 e. The van der Waals surface area contributed by atoms with Crippen molar-refractivity contribution in [2.45, 2.75) is 32.4 Å². The molecule has 1 aliphatic rings. The van der Waals surface area contributed by atoms with Crippen molar-refractivity contribution in [2.75, 3.05) is 13.2 Å². The summed E-state index contributed by atoms with van der Waals surface area (Å²) in [6.07, 6.45) is 5.52. The third kappa shape index (κ3) is 2.28. The van der Waals surface area contributed by atoms with E-state index in [9.17, 15) is 0 Å². The molecule has 1 fully saturated rings. The van der Waals surface area contributed by atoms with E-state index in [0.29, 0.717) is 18.1 Å². The Morgan fingerprint density at radius 1 is 1.69 bits per heavy atom. The second kappa shape index (κ2) is 4.97. The SMILES string of the molecule is CCNC(c1cnn(C)c1)C1CCOC1C. The van der Waals surface area contributed by atoms with E-state index in [2.05, 4.69) is 30.5 Å². The quantitative estimate of drug-likeness (QED) is 0.840. The van der Waals surface area contributed by atoms with E-state index >= 15 is 0 Å². The van der Waals surface area contributed by atoms with Crippen molar-refractivity contribution in [3.05, 3.63) is 18.0 Å². The highest BCUT2D eigenvalue weighted by atomic mass is 16.5. The molecule has 0 amide bonds. The Morgan fingerprint density at radius 2 is 2.50 bits per heavy atom. The summed E-state index contributed by atoms with van der Waals surface area (Å²) in [6, 6.07) is 0.371. The third-order valence-electron chi connectivity index (χ3n) is 3.37. The summed E-state index contributed by atoms with van der Waals surface area (Å²) < 4.78 is 7.52. The van der Waals surface area contributed by atoms with Crippen LogP contribution in [0, 0.1) is 5.92 Å². The lowest BCUT2D eigenvalue weighted by atomic mass is 9.90. The van der Waals surface area contributed by atoms with Gasteiger partial charge in [0.1, 0.15) is 0 Å². The van der Waals surface area contributed by atoms with Crippen molar-refractivity contribution in [3.8, 4) is 0 Å². The molecule has 3 unspecified atom stereocenters. The molecule has 1 N–H and O–H groups in total. The number of aromatic nitrogens is 2. The van der Waals surface area contributed by atoms with Gasteiger partial charge in [0.25, 0.3) is 0 Å². The van der Waals surface area contributed by atoms with Crippen LogP contribution in [0.5, 0.6) is 0 Å². The first-order valence-corrected chi connectivity index (χ1v) is 6.06. The Labute approximate surface area is 97.0 Å². The standard InChI is InChI=1S/C12H21N3O/c1-4-13-12(10-7-14-15(3)8-10)11-5-6-16-9(11)2/h7-9,11-13H,4-6H2,1-3H3. The third-order valence-corrected chi connectivity index (χ3v) is 3.37. The molecule has 1 aromatic rings. The van der Waals surface area contributed by atoms with Crippen molar-refractivity contribution in [1.29, 1.82) is 0 Å². The first-order chi connectivity index (χ1) is 7.72. The number of aryl methyl sites for hydroxylation is 1. The molecule has 2 heterocycles. The van der Waals surface area contributed by atoms with E-state index in [1.165, 1.54) is 5.56 Å². The van der Waals surface area contributed by atoms with Crippen LogP contribution in [-0.4, -0.2) is 29.0 Å². The first-order valence-electron chi connectivity index (χ1n) is 6.06. The van der Waals surface area contributed by atoms with Gasteiger partial charge in [0.15, 0.2) is 0 Å². The van der Waals surface area contributed by atoms with E-state index < -0.39 is 0 Å². The van der Waals surface area contributed by atoms with Gasteiger partial charge < -0.3 is 10.1 Å². The second-order valence-corrected chi connectivity index (χ2v) is 4.51. The van der Waals surface area contributed by atoms with E-state index in [1.54, 1.807) is 0 Å². The summed E-state index contributed by atoms with van der Waals surface area (Å²) in [5, 5.41) is 7.80. The largest absolute Gasteiger partial charge is 0.378 e. The molecule has 16 heavy (non-hydrogen) atoms. The van der Waals surface area contributed by atoms with Crippen LogP contribution in [-0.2, 0) is 11.8 Å². The van der Waals surface area contributed by atoms with Crippen LogP contribution in [0.1, 0.15) is 31.9 Å². The van der Waals surface area contributed by atoms with Crippen molar-refractivity contribution in [3.63, 3.8) is 0 Å². The summed E-state index contributed by atoms with van der Waals surface area (Å²) in [5.74, 6) is 0.559. The van der Waals surface area contributed by atoms with Gasteiger partial charge in [-0.3, -0.25) is 4.68 Å². The maximum atomic E-state index is 5.65. The minimum absolute atomic E-state index is 0.337. The summed E-state index contributed by atoms with van der Waals surface area (Å²) in [5.41, 5.74) is 1.27. The summed E-state index contributed by atoms with van der Waals surface area (Å²) >= 11 is 0. The summed E-state index contributed by atoms with van der Waals surface area (Å²) in [6.45, 7) is 6.17. The van der Waals surface area contributed by atoms with Gasteiger partial charge >= 0.3 is 0 Å². The van der Waals surface area contributed by atoms with Gasteiger partial charge in [0.05, 0.1) is 12.3 Å². The van der Waals surface area contributed by atoms with E-state index in [4.69, 9.17) is 4.74 Å². The normalized spacial score (nSPS) is 27.2. The molecule has 0 spiro atoms. The Hall–Kier alpha value is -0.870. The molecule has 3 atom stereocenters. The molecule has 1 aromatic heterocycles. The van der Waals surface area contributed by atoms with Crippen LogP contribution in [0.3, 0.4) is 0 Å². The molecule has 0 radical (unpaired) electrons. The fourth-order valence-corrected chi connectivity index (χ4v) is 2.52. The number of nitrogens with one attached hydrogen (secondary N) is 1. The maximum Gasteiger partial charge on any atom is 0.0594 e. The molecule has 0 saturated carbocycles. The zero-order valence-corrected chi connectivity index (χ0v) is 10.3. The fraction of sp³-hybridized carbons (Fsp3) is 0.750. The monoisotopic (exact) mass is 223 g/mol. The lowest BCUT2D eigenvalue weighted by Gasteiger charge is -2.25. The highest BCUT2D eigenvalue weighted by molar-refractivity contribution is 5.13. The Morgan fingerprint density at radius 3 is 3.00 bits per heavy atom. The van der Waals surface area contributed by atoms with Gasteiger partial charge in [0.2, 0.25) is 0 Å². The molecule has 0 bridgehead atoms. The molecule has 1 aliphatic heterocycles. The van der Waals surface area contributed by atoms with Crippen LogP contribution >= 0.6 is 0 Å². The molecule has 90 valence electrons. The van der Waals surface area contributed by atoms with Crippen LogP contribution in [0.25, 0.3) is 0 Å². The Balaban J connectivity index is 2.16. The minimum Gasteiger partial charge on any atom is -0.378 e. The predicted octanol–water partition coefficient (Wildman–Crippen LogP) is 1.50. The number of ether oxygens (including phenoxy) is 1. The van der Waals surface area contributed by atoms with Gasteiger partial charge in [0, 0.05) is 37.4 Å². The number of hydrogen-bond acceptors (Lipinski definition) is 3. The van der Waals surface area contributed by atoms with Gasteiger partial charge in [-0.1, -0.05) is 6.92 Å². The van der Waals surface area contributed by atoms with Gasteiger partial charge in [-0.2, -0.15) is 5.10 Å². The average Bonchev–Trinajstić information content (AvgIpc) is 2.84. The molecule has 0 aliphatic carbocycles. The number of hydrogen-bond donors (Lipinski definition) is 1. The molecular weight excluding hydrogens is 202 g/mol. The van der Waals surface area contributed by atoms with E-state index in [1.807, 2.05) is 17.9 Å². The summed E-state index contributed by atoms with van der Waals surface area (Å²) in [7, 11) is 1.96. The number of nitrogens with zero attached hydrogens (tertiary/aromatic N) is 2. The average molecular weight is 223 g/mol. The van der Waals surface area contributed by atoms with Crippen LogP contribution in [0.2, 0.25) is 0 Å². The highest BCUT2D eigenvalue weighted by Crippen LogP contribution is 2.32. The second-order valence-electron chi connectivity index (χ2n) is 4.51. The van der Waals surface area contributed by atoms with Gasteiger partial charge in [-0.25, -0.2) is 0 Å². The minimum atomic E-state index is 0.337. The van der Waals surface area contributed by atoms with Crippen molar-refractivity contribution >= 4 is 0 Å². The zero-order valence-electron chi connectivity index (χ0n) is 10.3. The molecular formula is C12H21N3O. The predicted molar refractivity (Wildman–Crippen MR) is 63.1 cm³/mol. The Kier molecular flexibility index (Phi) is 3.61. The van der Waals surface area contributed by atoms with Crippen LogP contribution < -0.4 is 5.32 Å². The van der Waals surface area contributed by atoms with E-state index in [-0.39, 0.29) is 0 Å². The van der Waals surface area contributed by atoms with Gasteiger partial charge in [-0.05, 0) is 19.9 Å². The van der Waals surface area contributed by atoms with E-state index in [0.717, 1.165) is 19.6 Å². The molecule has 2 rings (SSSR count). The van der Waals surface area contributed by atoms with Crippen molar-refractivity contribution in [2.24, 2.45) is 13.0 Å². The van der Waals surface area contributed by atoms with Gasteiger partial charge in [-0.15, -0.1) is 0 Å². The van der Waals surface area contributed by atoms with Crippen LogP contribution in [0.4, 0.5) is 0 Å². The lowest BCUT2D eigenvalue weighted by Crippen LogP contribution is -2.31. The maximum absolute atomic E-state index is 5.65. The Bertz CT molecular complexity index is 337.